The van der Waals surface area contributed by atoms with Crippen molar-refractivity contribution >= 4 is 11.6 Å². The molecule has 0 fully saturated rings. The molecule has 1 aliphatic rings. The first-order chi connectivity index (χ1) is 7.16. The number of nitrogens with one attached hydrogen (secondary N) is 1. The van der Waals surface area contributed by atoms with E-state index >= 15 is 0 Å². The van der Waals surface area contributed by atoms with Crippen LogP contribution >= 0.6 is 0 Å². The molecular weight excluding hydrogens is 194 g/mol. The third kappa shape index (κ3) is 2.10. The van der Waals surface area contributed by atoms with E-state index in [0.29, 0.717) is 12.3 Å². The highest BCUT2D eigenvalue weighted by Gasteiger charge is 2.14. The number of carbonyl (C=O) groups is 1. The van der Waals surface area contributed by atoms with Crippen LogP contribution in [0.25, 0.3) is 0 Å². The Hall–Kier alpha value is -1.55. The lowest BCUT2D eigenvalue weighted by molar-refractivity contribution is -0.123. The van der Waals surface area contributed by atoms with Gasteiger partial charge in [0.2, 0.25) is 0 Å². The lowest BCUT2D eigenvalue weighted by Crippen LogP contribution is -2.24. The first-order valence-electron chi connectivity index (χ1n) is 4.91. The number of ether oxygens (including phenoxy) is 1. The number of amides is 1. The molecular formula is C11H13NO3. The van der Waals surface area contributed by atoms with Crippen LogP contribution in [-0.4, -0.2) is 23.7 Å². The topological polar surface area (TPSA) is 58.6 Å². The van der Waals surface area contributed by atoms with Crippen molar-refractivity contribution in [3.63, 3.8) is 0 Å². The van der Waals surface area contributed by atoms with Crippen LogP contribution in [0.3, 0.4) is 0 Å². The number of hydrogen-bond acceptors (Lipinski definition) is 3. The second kappa shape index (κ2) is 3.90. The smallest absolute Gasteiger partial charge is 0.252 e. The minimum absolute atomic E-state index is 0.395. The van der Waals surface area contributed by atoms with Gasteiger partial charge in [-0.3, -0.25) is 4.79 Å². The van der Waals surface area contributed by atoms with Crippen molar-refractivity contribution in [2.75, 3.05) is 11.9 Å². The molecule has 0 radical (unpaired) electrons. The Balaban J connectivity index is 2.13. The molecule has 1 aromatic carbocycles. The van der Waals surface area contributed by atoms with Crippen LogP contribution in [0.15, 0.2) is 18.2 Å². The van der Waals surface area contributed by atoms with Crippen molar-refractivity contribution in [2.45, 2.75) is 19.4 Å². The quantitative estimate of drug-likeness (QED) is 0.758. The van der Waals surface area contributed by atoms with E-state index in [2.05, 4.69) is 5.32 Å². The van der Waals surface area contributed by atoms with E-state index in [1.165, 1.54) is 6.92 Å². The fourth-order valence-electron chi connectivity index (χ4n) is 1.51. The van der Waals surface area contributed by atoms with Crippen molar-refractivity contribution in [1.82, 2.24) is 0 Å². The van der Waals surface area contributed by atoms with E-state index in [-0.39, 0.29) is 0 Å². The summed E-state index contributed by atoms with van der Waals surface area (Å²) in [6, 6.07) is 5.48. The minimum Gasteiger partial charge on any atom is -0.493 e. The highest BCUT2D eigenvalue weighted by molar-refractivity contribution is 5.93. The normalized spacial score (nSPS) is 15.3. The minimum atomic E-state index is -0.991. The van der Waals surface area contributed by atoms with Crippen molar-refractivity contribution in [2.24, 2.45) is 0 Å². The van der Waals surface area contributed by atoms with E-state index in [4.69, 9.17) is 9.84 Å². The molecule has 80 valence electrons. The molecule has 4 nitrogen and oxygen atoms in total. The summed E-state index contributed by atoms with van der Waals surface area (Å²) in [7, 11) is 0. The molecule has 1 aliphatic heterocycles. The van der Waals surface area contributed by atoms with Crippen LogP contribution in [0.1, 0.15) is 12.5 Å². The second-order valence-electron chi connectivity index (χ2n) is 3.59. The Morgan fingerprint density at radius 1 is 1.60 bits per heavy atom. The summed E-state index contributed by atoms with van der Waals surface area (Å²) in [6.07, 6.45) is -0.122. The van der Waals surface area contributed by atoms with Gasteiger partial charge in [-0.2, -0.15) is 0 Å². The molecule has 0 saturated carbocycles. The number of rotatable bonds is 2. The summed E-state index contributed by atoms with van der Waals surface area (Å²) in [4.78, 5) is 11.2. The van der Waals surface area contributed by atoms with Crippen LogP contribution < -0.4 is 10.1 Å². The second-order valence-corrected chi connectivity index (χ2v) is 3.59. The monoisotopic (exact) mass is 207 g/mol. The van der Waals surface area contributed by atoms with Crippen molar-refractivity contribution in [3.8, 4) is 5.75 Å². The fourth-order valence-corrected chi connectivity index (χ4v) is 1.51. The maximum atomic E-state index is 11.2. The van der Waals surface area contributed by atoms with Crippen LogP contribution in [0.2, 0.25) is 0 Å². The van der Waals surface area contributed by atoms with E-state index < -0.39 is 12.0 Å². The molecule has 2 rings (SSSR count). The molecule has 1 aromatic rings. The lowest BCUT2D eigenvalue weighted by atomic mass is 10.1. The number of anilines is 1. The van der Waals surface area contributed by atoms with Crippen molar-refractivity contribution in [3.05, 3.63) is 23.8 Å². The number of benzene rings is 1. The van der Waals surface area contributed by atoms with Gasteiger partial charge in [0.15, 0.2) is 0 Å². The molecule has 0 aromatic heterocycles. The zero-order chi connectivity index (χ0) is 10.8. The van der Waals surface area contributed by atoms with Gasteiger partial charge in [-0.1, -0.05) is 0 Å². The summed E-state index contributed by atoms with van der Waals surface area (Å²) in [6.45, 7) is 2.13. The van der Waals surface area contributed by atoms with Gasteiger partial charge in [-0.25, -0.2) is 0 Å². The molecule has 2 N–H and O–H groups in total. The third-order valence-corrected chi connectivity index (χ3v) is 2.34. The van der Waals surface area contributed by atoms with E-state index in [1.54, 1.807) is 6.07 Å². The molecule has 0 saturated heterocycles. The molecule has 15 heavy (non-hydrogen) atoms. The summed E-state index contributed by atoms with van der Waals surface area (Å²) < 4.78 is 5.34. The number of carbonyl (C=O) groups excluding carboxylic acids is 1. The highest BCUT2D eigenvalue weighted by atomic mass is 16.5. The largest absolute Gasteiger partial charge is 0.493 e. The average molecular weight is 207 g/mol. The van der Waals surface area contributed by atoms with Gasteiger partial charge in [-0.15, -0.1) is 0 Å². The number of aliphatic hydroxyl groups excluding tert-OH is 1. The van der Waals surface area contributed by atoms with Crippen molar-refractivity contribution in [1.29, 1.82) is 0 Å². The van der Waals surface area contributed by atoms with Gasteiger partial charge < -0.3 is 15.2 Å². The maximum absolute atomic E-state index is 11.2. The number of aliphatic hydroxyl groups is 1. The molecule has 1 unspecified atom stereocenters. The Kier molecular flexibility index (Phi) is 2.60. The van der Waals surface area contributed by atoms with Gasteiger partial charge in [0.05, 0.1) is 6.61 Å². The molecule has 1 heterocycles. The van der Waals surface area contributed by atoms with Crippen LogP contribution in [0, 0.1) is 0 Å². The van der Waals surface area contributed by atoms with E-state index in [9.17, 15) is 4.79 Å². The molecule has 0 aliphatic carbocycles. The predicted octanol–water partition coefficient (Wildman–Crippen LogP) is 0.941. The summed E-state index contributed by atoms with van der Waals surface area (Å²) in [5, 5.41) is 11.7. The zero-order valence-corrected chi connectivity index (χ0v) is 8.49. The molecule has 4 heteroatoms. The summed E-state index contributed by atoms with van der Waals surface area (Å²) >= 11 is 0. The Labute approximate surface area is 87.9 Å². The van der Waals surface area contributed by atoms with Gasteiger partial charge in [0.1, 0.15) is 11.9 Å². The molecule has 1 atom stereocenters. The SMILES string of the molecule is CC(O)C(=O)Nc1ccc2c(c1)CCO2. The molecule has 1 amide bonds. The highest BCUT2D eigenvalue weighted by Crippen LogP contribution is 2.27. The van der Waals surface area contributed by atoms with Crippen LogP contribution in [0.4, 0.5) is 5.69 Å². The summed E-state index contributed by atoms with van der Waals surface area (Å²) in [5.74, 6) is 0.485. The number of fused-ring (bicyclic) bond motifs is 1. The average Bonchev–Trinajstić information content (AvgIpc) is 2.64. The Morgan fingerprint density at radius 2 is 2.40 bits per heavy atom. The van der Waals surface area contributed by atoms with Crippen LogP contribution in [-0.2, 0) is 11.2 Å². The molecule has 0 bridgehead atoms. The standard InChI is InChI=1S/C11H13NO3/c1-7(13)11(14)12-9-2-3-10-8(6-9)4-5-15-10/h2-3,6-7,13H,4-5H2,1H3,(H,12,14). The number of hydrogen-bond donors (Lipinski definition) is 2. The van der Waals surface area contributed by atoms with E-state index in [0.717, 1.165) is 17.7 Å². The first-order valence-corrected chi connectivity index (χ1v) is 4.91. The Bertz CT molecular complexity index is 387. The third-order valence-electron chi connectivity index (χ3n) is 2.34. The van der Waals surface area contributed by atoms with Gasteiger partial charge >= 0.3 is 0 Å². The van der Waals surface area contributed by atoms with E-state index in [1.807, 2.05) is 12.1 Å². The van der Waals surface area contributed by atoms with Crippen molar-refractivity contribution < 1.29 is 14.6 Å². The zero-order valence-electron chi connectivity index (χ0n) is 8.49. The predicted molar refractivity (Wildman–Crippen MR) is 56.0 cm³/mol. The fraction of sp³-hybridized carbons (Fsp3) is 0.364. The van der Waals surface area contributed by atoms with Gasteiger partial charge in [0, 0.05) is 12.1 Å². The maximum Gasteiger partial charge on any atom is 0.252 e. The summed E-state index contributed by atoms with van der Waals surface area (Å²) in [5.41, 5.74) is 1.79. The van der Waals surface area contributed by atoms with Gasteiger partial charge in [-0.05, 0) is 30.7 Å². The first kappa shape index (κ1) is 9.98. The van der Waals surface area contributed by atoms with Crippen LogP contribution in [0.5, 0.6) is 5.75 Å². The van der Waals surface area contributed by atoms with Gasteiger partial charge in [0.25, 0.3) is 5.91 Å². The lowest BCUT2D eigenvalue weighted by Gasteiger charge is -2.08. The Morgan fingerprint density at radius 3 is 3.13 bits per heavy atom. The molecule has 0 spiro atoms.